The molecule has 0 aromatic heterocycles. The Morgan fingerprint density at radius 3 is 2.19 bits per heavy atom. The number of hydrogen-bond acceptors (Lipinski definition) is 4. The summed E-state index contributed by atoms with van der Waals surface area (Å²) in [7, 11) is -3.37. The number of nitrogens with one attached hydrogen (secondary N) is 1. The molecule has 2 fully saturated rings. The average molecular weight is 411 g/mol. The molecule has 27 heavy (non-hydrogen) atoms. The number of amides is 1. The molecule has 0 unspecified atom stereocenters. The maximum atomic E-state index is 12.5. The molecule has 0 atom stereocenters. The van der Waals surface area contributed by atoms with E-state index in [1.807, 2.05) is 0 Å². The minimum atomic E-state index is -3.37. The molecule has 150 valence electrons. The Kier molecular flexibility index (Phi) is 7.61. The van der Waals surface area contributed by atoms with E-state index in [-0.39, 0.29) is 5.91 Å². The molecule has 1 heterocycles. The van der Waals surface area contributed by atoms with Crippen LogP contribution in [0.1, 0.15) is 57.8 Å². The molecular weight excluding hydrogens is 380 g/mol. The Labute approximate surface area is 167 Å². The molecule has 1 N–H and O–H groups in total. The van der Waals surface area contributed by atoms with Crippen LogP contribution in [0.4, 0.5) is 0 Å². The lowest BCUT2D eigenvalue weighted by Crippen LogP contribution is -2.36. The van der Waals surface area contributed by atoms with Gasteiger partial charge in [0.15, 0.2) is 0 Å². The highest BCUT2D eigenvalue weighted by molar-refractivity contribution is 8.00. The van der Waals surface area contributed by atoms with E-state index in [2.05, 4.69) is 5.32 Å². The van der Waals surface area contributed by atoms with Crippen molar-refractivity contribution in [3.8, 4) is 0 Å². The largest absolute Gasteiger partial charge is 0.353 e. The maximum absolute atomic E-state index is 12.5. The Bertz CT molecular complexity index is 705. The van der Waals surface area contributed by atoms with Gasteiger partial charge in [0.2, 0.25) is 15.9 Å². The molecule has 1 saturated carbocycles. The number of hydrogen-bond donors (Lipinski definition) is 1. The van der Waals surface area contributed by atoms with Gasteiger partial charge in [-0.1, -0.05) is 32.1 Å². The molecule has 0 radical (unpaired) electrons. The molecule has 3 rings (SSSR count). The molecule has 1 saturated heterocycles. The monoisotopic (exact) mass is 410 g/mol. The number of carbonyl (C=O) groups is 1. The van der Waals surface area contributed by atoms with Gasteiger partial charge in [-0.25, -0.2) is 8.42 Å². The molecule has 1 aromatic rings. The summed E-state index contributed by atoms with van der Waals surface area (Å²) in [5.41, 5.74) is 0. The van der Waals surface area contributed by atoms with Gasteiger partial charge in [-0.05, 0) is 49.9 Å². The van der Waals surface area contributed by atoms with Crippen molar-refractivity contribution in [1.29, 1.82) is 0 Å². The smallest absolute Gasteiger partial charge is 0.243 e. The van der Waals surface area contributed by atoms with Gasteiger partial charge in [0.1, 0.15) is 0 Å². The number of carbonyl (C=O) groups excluding carboxylic acids is 1. The van der Waals surface area contributed by atoms with Crippen molar-refractivity contribution in [3.63, 3.8) is 0 Å². The molecule has 2 aliphatic rings. The van der Waals surface area contributed by atoms with E-state index < -0.39 is 10.0 Å². The summed E-state index contributed by atoms with van der Waals surface area (Å²) < 4.78 is 26.6. The van der Waals surface area contributed by atoms with Crippen LogP contribution < -0.4 is 5.32 Å². The Morgan fingerprint density at radius 1 is 0.963 bits per heavy atom. The number of nitrogens with zero attached hydrogens (tertiary/aromatic N) is 1. The summed E-state index contributed by atoms with van der Waals surface area (Å²) in [6, 6.07) is 7.23. The second kappa shape index (κ2) is 9.94. The molecule has 1 aliphatic carbocycles. The zero-order valence-corrected chi connectivity index (χ0v) is 17.5. The van der Waals surface area contributed by atoms with E-state index in [0.717, 1.165) is 30.6 Å². The van der Waals surface area contributed by atoms with Gasteiger partial charge in [0.05, 0.1) is 10.6 Å². The molecule has 1 aromatic carbocycles. The molecule has 1 amide bonds. The quantitative estimate of drug-likeness (QED) is 0.725. The second-order valence-corrected chi connectivity index (χ2v) is 10.5. The predicted octanol–water partition coefficient (Wildman–Crippen LogP) is 3.79. The first kappa shape index (κ1) is 20.7. The fourth-order valence-electron chi connectivity index (χ4n) is 3.80. The summed E-state index contributed by atoms with van der Waals surface area (Å²) in [6.07, 6.45) is 10.3. The van der Waals surface area contributed by atoms with Crippen LogP contribution >= 0.6 is 11.8 Å². The van der Waals surface area contributed by atoms with E-state index in [1.165, 1.54) is 43.9 Å². The lowest BCUT2D eigenvalue weighted by atomic mass is 9.97. The molecular formula is C20H30N2O3S2. The van der Waals surface area contributed by atoms with Crippen LogP contribution in [0.3, 0.4) is 0 Å². The average Bonchev–Trinajstić information content (AvgIpc) is 3.18. The minimum Gasteiger partial charge on any atom is -0.353 e. The van der Waals surface area contributed by atoms with Crippen LogP contribution in [0, 0.1) is 0 Å². The SMILES string of the molecule is O=C(CSc1ccc(S(=O)(=O)N2CCCC2)cc1)NC1CCCCCCC1. The van der Waals surface area contributed by atoms with E-state index in [4.69, 9.17) is 0 Å². The summed E-state index contributed by atoms with van der Waals surface area (Å²) in [5, 5.41) is 3.17. The van der Waals surface area contributed by atoms with Crippen molar-refractivity contribution in [2.75, 3.05) is 18.8 Å². The van der Waals surface area contributed by atoms with Crippen LogP contribution in [0.2, 0.25) is 0 Å². The number of thioether (sulfide) groups is 1. The summed E-state index contributed by atoms with van der Waals surface area (Å²) in [6.45, 7) is 1.22. The highest BCUT2D eigenvalue weighted by Gasteiger charge is 2.26. The maximum Gasteiger partial charge on any atom is 0.243 e. The molecule has 0 bridgehead atoms. The van der Waals surface area contributed by atoms with Crippen molar-refractivity contribution in [2.45, 2.75) is 73.6 Å². The first-order valence-electron chi connectivity index (χ1n) is 10.1. The zero-order valence-electron chi connectivity index (χ0n) is 15.9. The van der Waals surface area contributed by atoms with Gasteiger partial charge in [0.25, 0.3) is 0 Å². The highest BCUT2D eigenvalue weighted by Crippen LogP contribution is 2.24. The van der Waals surface area contributed by atoms with Crippen molar-refractivity contribution >= 4 is 27.7 Å². The van der Waals surface area contributed by atoms with Crippen LogP contribution in [-0.2, 0) is 14.8 Å². The summed E-state index contributed by atoms with van der Waals surface area (Å²) in [4.78, 5) is 13.5. The molecule has 1 aliphatic heterocycles. The van der Waals surface area contributed by atoms with Gasteiger partial charge in [-0.3, -0.25) is 4.79 Å². The van der Waals surface area contributed by atoms with Crippen LogP contribution in [0.5, 0.6) is 0 Å². The van der Waals surface area contributed by atoms with Crippen molar-refractivity contribution in [2.24, 2.45) is 0 Å². The van der Waals surface area contributed by atoms with Crippen LogP contribution in [0.25, 0.3) is 0 Å². The van der Waals surface area contributed by atoms with E-state index in [0.29, 0.717) is 29.8 Å². The van der Waals surface area contributed by atoms with Gasteiger partial charge < -0.3 is 5.32 Å². The predicted molar refractivity (Wildman–Crippen MR) is 109 cm³/mol. The minimum absolute atomic E-state index is 0.0688. The van der Waals surface area contributed by atoms with E-state index >= 15 is 0 Å². The van der Waals surface area contributed by atoms with Gasteiger partial charge in [-0.15, -0.1) is 11.8 Å². The van der Waals surface area contributed by atoms with Crippen molar-refractivity contribution < 1.29 is 13.2 Å². The normalized spacial score (nSPS) is 20.1. The van der Waals surface area contributed by atoms with Crippen molar-refractivity contribution in [3.05, 3.63) is 24.3 Å². The van der Waals surface area contributed by atoms with Crippen LogP contribution in [-0.4, -0.2) is 43.5 Å². The highest BCUT2D eigenvalue weighted by atomic mass is 32.2. The number of benzene rings is 1. The molecule has 7 heteroatoms. The van der Waals surface area contributed by atoms with Crippen LogP contribution in [0.15, 0.2) is 34.1 Å². The van der Waals surface area contributed by atoms with E-state index in [9.17, 15) is 13.2 Å². The number of sulfonamides is 1. The van der Waals surface area contributed by atoms with E-state index in [1.54, 1.807) is 28.6 Å². The third-order valence-corrected chi connectivity index (χ3v) is 8.29. The Morgan fingerprint density at radius 2 is 1.56 bits per heavy atom. The third kappa shape index (κ3) is 5.96. The summed E-state index contributed by atoms with van der Waals surface area (Å²) in [5.74, 6) is 0.439. The standard InChI is InChI=1S/C20H30N2O3S2/c23-20(21-17-8-4-2-1-3-5-9-17)16-26-18-10-12-19(13-11-18)27(24,25)22-14-6-7-15-22/h10-13,17H,1-9,14-16H2,(H,21,23). The first-order chi connectivity index (χ1) is 13.1. The lowest BCUT2D eigenvalue weighted by molar-refractivity contribution is -0.119. The summed E-state index contributed by atoms with van der Waals surface area (Å²) >= 11 is 1.46. The molecule has 5 nitrogen and oxygen atoms in total. The fraction of sp³-hybridized carbons (Fsp3) is 0.650. The van der Waals surface area contributed by atoms with Gasteiger partial charge in [0, 0.05) is 24.0 Å². The number of rotatable bonds is 6. The topological polar surface area (TPSA) is 66.5 Å². The van der Waals surface area contributed by atoms with Gasteiger partial charge >= 0.3 is 0 Å². The lowest BCUT2D eigenvalue weighted by Gasteiger charge is -2.21. The fourth-order valence-corrected chi connectivity index (χ4v) is 6.03. The zero-order chi connectivity index (χ0) is 19.1. The third-order valence-electron chi connectivity index (χ3n) is 5.37. The van der Waals surface area contributed by atoms with Gasteiger partial charge in [-0.2, -0.15) is 4.31 Å². The Hall–Kier alpha value is -1.05. The Balaban J connectivity index is 1.48. The second-order valence-electron chi connectivity index (χ2n) is 7.48. The van der Waals surface area contributed by atoms with Crippen molar-refractivity contribution in [1.82, 2.24) is 9.62 Å². The first-order valence-corrected chi connectivity index (χ1v) is 12.5. The molecule has 0 spiro atoms.